The van der Waals surface area contributed by atoms with Crippen LogP contribution in [-0.4, -0.2) is 17.9 Å². The van der Waals surface area contributed by atoms with Crippen molar-refractivity contribution in [2.45, 2.75) is 44.9 Å². The quantitative estimate of drug-likeness (QED) is 0.133. The number of hydrogen-bond acceptors (Lipinski definition) is 3. The van der Waals surface area contributed by atoms with E-state index in [1.54, 1.807) is 6.21 Å². The molecule has 0 fully saturated rings. The predicted molar refractivity (Wildman–Crippen MR) is 159 cm³/mol. The third-order valence-corrected chi connectivity index (χ3v) is 7.29. The summed E-state index contributed by atoms with van der Waals surface area (Å²) in [7, 11) is 0. The van der Waals surface area contributed by atoms with Gasteiger partial charge >= 0.3 is 0 Å². The lowest BCUT2D eigenvalue weighted by Crippen LogP contribution is -2.24. The molecule has 194 valence electrons. The fourth-order valence-electron chi connectivity index (χ4n) is 4.68. The molecular weight excluding hydrogens is 466 g/mol. The van der Waals surface area contributed by atoms with Crippen LogP contribution >= 0.6 is 0 Å². The third-order valence-electron chi connectivity index (χ3n) is 7.29. The number of phenols is 1. The summed E-state index contributed by atoms with van der Waals surface area (Å²) in [5, 5.41) is 11.6. The zero-order valence-corrected chi connectivity index (χ0v) is 22.8. The van der Waals surface area contributed by atoms with Crippen LogP contribution in [0.1, 0.15) is 61.9 Å². The lowest BCUT2D eigenvalue weighted by atomic mass is 9.72. The molecule has 0 aromatic heterocycles. The first kappa shape index (κ1) is 26.9. The molecule has 4 rings (SSSR count). The van der Waals surface area contributed by atoms with Crippen molar-refractivity contribution in [3.05, 3.63) is 138 Å². The summed E-state index contributed by atoms with van der Waals surface area (Å²) < 4.78 is 5.79. The van der Waals surface area contributed by atoms with Crippen LogP contribution in [0.15, 0.2) is 115 Å². The van der Waals surface area contributed by atoms with Gasteiger partial charge < -0.3 is 9.84 Å². The summed E-state index contributed by atoms with van der Waals surface area (Å²) in [6, 6.07) is 32.7. The maximum Gasteiger partial charge on any atom is 0.128 e. The lowest BCUT2D eigenvalue weighted by Gasteiger charge is -2.32. The van der Waals surface area contributed by atoms with Crippen LogP contribution in [0.3, 0.4) is 0 Å². The Kier molecular flexibility index (Phi) is 8.16. The third kappa shape index (κ3) is 5.89. The molecule has 0 spiro atoms. The maximum atomic E-state index is 11.6. The van der Waals surface area contributed by atoms with E-state index in [9.17, 15) is 5.11 Å². The second kappa shape index (κ2) is 11.5. The predicted octanol–water partition coefficient (Wildman–Crippen LogP) is 8.75. The van der Waals surface area contributed by atoms with Gasteiger partial charge in [0.05, 0.1) is 12.3 Å². The smallest absolute Gasteiger partial charge is 0.128 e. The highest BCUT2D eigenvalue weighted by Gasteiger charge is 2.31. The monoisotopic (exact) mass is 503 g/mol. The van der Waals surface area contributed by atoms with Crippen LogP contribution in [0.25, 0.3) is 0 Å². The van der Waals surface area contributed by atoms with E-state index in [0.29, 0.717) is 12.2 Å². The second-order valence-electron chi connectivity index (χ2n) is 10.6. The molecule has 38 heavy (non-hydrogen) atoms. The zero-order valence-electron chi connectivity index (χ0n) is 22.8. The van der Waals surface area contributed by atoms with Crippen LogP contribution in [0.4, 0.5) is 5.69 Å². The molecule has 0 saturated heterocycles. The Bertz CT molecular complexity index is 1400. The van der Waals surface area contributed by atoms with Crippen LogP contribution in [0, 0.1) is 0 Å². The molecule has 0 heterocycles. The number of hydrogen-bond donors (Lipinski definition) is 1. The Morgan fingerprint density at radius 2 is 1.39 bits per heavy atom. The van der Waals surface area contributed by atoms with E-state index < -0.39 is 5.41 Å². The molecule has 0 aliphatic rings. The number of ether oxygens (including phenoxy) is 1. The summed E-state index contributed by atoms with van der Waals surface area (Å²) in [6.45, 7) is 13.1. The minimum absolute atomic E-state index is 0.244. The molecule has 0 bridgehead atoms. The van der Waals surface area contributed by atoms with E-state index in [1.165, 1.54) is 5.56 Å². The van der Waals surface area contributed by atoms with Gasteiger partial charge in [-0.05, 0) is 41.3 Å². The van der Waals surface area contributed by atoms with Gasteiger partial charge in [0, 0.05) is 34.2 Å². The highest BCUT2D eigenvalue weighted by atomic mass is 16.5. The van der Waals surface area contributed by atoms with Gasteiger partial charge in [-0.15, -0.1) is 6.58 Å². The highest BCUT2D eigenvalue weighted by molar-refractivity contribution is 5.87. The van der Waals surface area contributed by atoms with Gasteiger partial charge in [-0.1, -0.05) is 107 Å². The molecule has 0 aliphatic heterocycles. The van der Waals surface area contributed by atoms with Gasteiger partial charge in [0.1, 0.15) is 11.5 Å². The summed E-state index contributed by atoms with van der Waals surface area (Å²) in [5.74, 6) is 1.00. The molecule has 3 heteroatoms. The highest BCUT2D eigenvalue weighted by Crippen LogP contribution is 2.42. The summed E-state index contributed by atoms with van der Waals surface area (Å²) >= 11 is 0. The molecule has 0 unspecified atom stereocenters. The zero-order chi connectivity index (χ0) is 27.2. The Balaban J connectivity index is 1.81. The van der Waals surface area contributed by atoms with Crippen LogP contribution in [0.2, 0.25) is 0 Å². The van der Waals surface area contributed by atoms with Gasteiger partial charge in [0.25, 0.3) is 0 Å². The molecule has 3 nitrogen and oxygen atoms in total. The van der Waals surface area contributed by atoms with Crippen molar-refractivity contribution in [3.63, 3.8) is 0 Å². The molecule has 1 N–H and O–H groups in total. The molecule has 0 aliphatic carbocycles. The second-order valence-corrected chi connectivity index (χ2v) is 10.6. The van der Waals surface area contributed by atoms with Crippen LogP contribution in [0.5, 0.6) is 11.5 Å². The van der Waals surface area contributed by atoms with Gasteiger partial charge in [0.15, 0.2) is 0 Å². The Morgan fingerprint density at radius 3 is 2.03 bits per heavy atom. The lowest BCUT2D eigenvalue weighted by molar-refractivity contribution is 0.325. The van der Waals surface area contributed by atoms with E-state index in [-0.39, 0.29) is 11.2 Å². The first-order valence-corrected chi connectivity index (χ1v) is 13.1. The largest absolute Gasteiger partial charge is 0.507 e. The van der Waals surface area contributed by atoms with Gasteiger partial charge in [-0.3, -0.25) is 4.99 Å². The number of aliphatic imine (C=N–C) groups is 1. The first-order chi connectivity index (χ1) is 18.2. The summed E-state index contributed by atoms with van der Waals surface area (Å²) in [5.41, 5.74) is 5.07. The number of phenolic OH excluding ortho intramolecular Hbond substituents is 1. The molecule has 0 atom stereocenters. The standard InChI is InChI=1S/C35H37NO2/c1-6-7-21-38-31-20-14-19-30(24-31)36-25-26-22-29(34(2,3)27-15-10-8-11-16-27)23-32(33(26)37)35(4,5)28-17-12-9-13-18-28/h6,8-20,22-25,37H,1,7,21H2,2-5H3. The maximum absolute atomic E-state index is 11.6. The van der Waals surface area contributed by atoms with E-state index in [4.69, 9.17) is 9.73 Å². The minimum atomic E-state index is -0.421. The van der Waals surface area contributed by atoms with Crippen LogP contribution in [-0.2, 0) is 10.8 Å². The molecule has 0 saturated carbocycles. The van der Waals surface area contributed by atoms with Gasteiger partial charge in [0.2, 0.25) is 0 Å². The van der Waals surface area contributed by atoms with Gasteiger partial charge in [-0.2, -0.15) is 0 Å². The van der Waals surface area contributed by atoms with E-state index in [2.05, 4.69) is 82.8 Å². The Hall–Kier alpha value is -4.11. The van der Waals surface area contributed by atoms with Crippen molar-refractivity contribution in [2.75, 3.05) is 6.61 Å². The number of nitrogens with zero attached hydrogens (tertiary/aromatic N) is 1. The van der Waals surface area contributed by atoms with Crippen molar-refractivity contribution in [2.24, 2.45) is 4.99 Å². The van der Waals surface area contributed by atoms with Crippen molar-refractivity contribution in [3.8, 4) is 11.5 Å². The normalized spacial score (nSPS) is 12.0. The average molecular weight is 504 g/mol. The molecular formula is C35H37NO2. The summed E-state index contributed by atoms with van der Waals surface area (Å²) in [6.07, 6.45) is 4.38. The summed E-state index contributed by atoms with van der Waals surface area (Å²) in [4.78, 5) is 4.73. The molecule has 4 aromatic carbocycles. The topological polar surface area (TPSA) is 41.8 Å². The van der Waals surface area contributed by atoms with E-state index >= 15 is 0 Å². The van der Waals surface area contributed by atoms with Crippen LogP contribution < -0.4 is 4.74 Å². The fourth-order valence-corrected chi connectivity index (χ4v) is 4.68. The molecule has 0 radical (unpaired) electrons. The average Bonchev–Trinajstić information content (AvgIpc) is 2.93. The minimum Gasteiger partial charge on any atom is -0.507 e. The molecule has 0 amide bonds. The SMILES string of the molecule is C=CCCOc1cccc(N=Cc2cc(C(C)(C)c3ccccc3)cc(C(C)(C)c3ccccc3)c2O)c1. The van der Waals surface area contributed by atoms with E-state index in [0.717, 1.165) is 34.5 Å². The Labute approximate surface area is 227 Å². The fraction of sp³-hybridized carbons (Fsp3) is 0.229. The number of aromatic hydroxyl groups is 1. The van der Waals surface area contributed by atoms with E-state index in [1.807, 2.05) is 54.6 Å². The van der Waals surface area contributed by atoms with Crippen molar-refractivity contribution in [1.29, 1.82) is 0 Å². The molecule has 4 aromatic rings. The Morgan fingerprint density at radius 1 is 0.763 bits per heavy atom. The number of rotatable bonds is 10. The van der Waals surface area contributed by atoms with Crippen molar-refractivity contribution >= 4 is 11.9 Å². The van der Waals surface area contributed by atoms with Gasteiger partial charge in [-0.25, -0.2) is 0 Å². The van der Waals surface area contributed by atoms with Crippen molar-refractivity contribution < 1.29 is 9.84 Å². The first-order valence-electron chi connectivity index (χ1n) is 13.1. The number of benzene rings is 4. The van der Waals surface area contributed by atoms with Crippen molar-refractivity contribution in [1.82, 2.24) is 0 Å².